The molecule has 2 heterocycles. The van der Waals surface area contributed by atoms with Gasteiger partial charge in [0.1, 0.15) is 0 Å². The van der Waals surface area contributed by atoms with Crippen molar-refractivity contribution >= 4 is 11.6 Å². The highest BCUT2D eigenvalue weighted by Crippen LogP contribution is 2.22. The van der Waals surface area contributed by atoms with Crippen molar-refractivity contribution in [2.24, 2.45) is 0 Å². The van der Waals surface area contributed by atoms with Crippen LogP contribution in [0.5, 0.6) is 0 Å². The molecule has 1 aromatic rings. The molecule has 2 saturated heterocycles. The Morgan fingerprint density at radius 2 is 1.96 bits per heavy atom. The zero-order chi connectivity index (χ0) is 17.8. The number of carbonyl (C=O) groups is 1. The van der Waals surface area contributed by atoms with E-state index in [-0.39, 0.29) is 18.1 Å². The summed E-state index contributed by atoms with van der Waals surface area (Å²) in [7, 11) is 0. The van der Waals surface area contributed by atoms with Gasteiger partial charge in [-0.15, -0.1) is 0 Å². The molecular formula is C20H31N3O2. The second-order valence-corrected chi connectivity index (χ2v) is 7.56. The van der Waals surface area contributed by atoms with Crippen LogP contribution in [-0.2, 0) is 16.0 Å². The molecule has 2 aliphatic heterocycles. The average molecular weight is 345 g/mol. The van der Waals surface area contributed by atoms with E-state index in [1.807, 2.05) is 24.3 Å². The van der Waals surface area contributed by atoms with E-state index in [1.165, 1.54) is 0 Å². The fourth-order valence-electron chi connectivity index (χ4n) is 4.23. The molecule has 0 radical (unpaired) electrons. The Hall–Kier alpha value is -1.59. The highest BCUT2D eigenvalue weighted by molar-refractivity contribution is 5.77. The Morgan fingerprint density at radius 1 is 1.24 bits per heavy atom. The van der Waals surface area contributed by atoms with Crippen LogP contribution in [0.1, 0.15) is 38.7 Å². The molecule has 2 fully saturated rings. The summed E-state index contributed by atoms with van der Waals surface area (Å²) in [4.78, 5) is 17.3. The summed E-state index contributed by atoms with van der Waals surface area (Å²) < 4.78 is 5.82. The molecule has 2 aliphatic rings. The molecule has 3 unspecified atom stereocenters. The number of aryl methyl sites for hydroxylation is 1. The van der Waals surface area contributed by atoms with Gasteiger partial charge in [0, 0.05) is 44.3 Å². The molecule has 0 aliphatic carbocycles. The van der Waals surface area contributed by atoms with Crippen LogP contribution in [0.4, 0.5) is 5.69 Å². The molecule has 1 aromatic carbocycles. The number of hydrogen-bond acceptors (Lipinski definition) is 4. The molecule has 0 spiro atoms. The first-order chi connectivity index (χ1) is 12.0. The molecule has 5 heteroatoms. The quantitative estimate of drug-likeness (QED) is 0.832. The molecule has 0 saturated carbocycles. The number of rotatable bonds is 5. The molecule has 3 atom stereocenters. The second kappa shape index (κ2) is 8.19. The Balaban J connectivity index is 1.54. The molecule has 138 valence electrons. The average Bonchev–Trinajstić information content (AvgIpc) is 3.01. The van der Waals surface area contributed by atoms with Crippen molar-refractivity contribution in [2.45, 2.75) is 57.8 Å². The molecular weight excluding hydrogens is 314 g/mol. The van der Waals surface area contributed by atoms with E-state index in [2.05, 4.69) is 23.6 Å². The number of para-hydroxylation sites is 1. The lowest BCUT2D eigenvalue weighted by Gasteiger charge is -2.38. The number of morpholine rings is 1. The van der Waals surface area contributed by atoms with Crippen LogP contribution in [0.15, 0.2) is 24.3 Å². The minimum Gasteiger partial charge on any atom is -0.399 e. The normalized spacial score (nSPS) is 27.6. The van der Waals surface area contributed by atoms with Crippen molar-refractivity contribution < 1.29 is 9.53 Å². The minimum absolute atomic E-state index is 0.264. The fourth-order valence-corrected chi connectivity index (χ4v) is 4.23. The highest BCUT2D eigenvalue weighted by atomic mass is 16.5. The molecule has 5 nitrogen and oxygen atoms in total. The van der Waals surface area contributed by atoms with Crippen molar-refractivity contribution in [1.29, 1.82) is 0 Å². The highest BCUT2D eigenvalue weighted by Gasteiger charge is 2.32. The number of benzene rings is 1. The van der Waals surface area contributed by atoms with Crippen LogP contribution < -0.4 is 5.73 Å². The summed E-state index contributed by atoms with van der Waals surface area (Å²) in [5.74, 6) is 0.264. The monoisotopic (exact) mass is 345 g/mol. The summed E-state index contributed by atoms with van der Waals surface area (Å²) in [5, 5.41) is 0. The molecule has 1 amide bonds. The van der Waals surface area contributed by atoms with Gasteiger partial charge in [0.25, 0.3) is 0 Å². The second-order valence-electron chi connectivity index (χ2n) is 7.56. The maximum absolute atomic E-state index is 12.8. The van der Waals surface area contributed by atoms with Crippen LogP contribution in [-0.4, -0.2) is 60.1 Å². The van der Waals surface area contributed by atoms with Crippen molar-refractivity contribution in [3.63, 3.8) is 0 Å². The lowest BCUT2D eigenvalue weighted by atomic mass is 10.1. The standard InChI is InChI=1S/C20H31N3O2/c1-15-12-22(13-16(2)25-15)14-18-7-5-11-23(18)20(24)10-9-17-6-3-4-8-19(17)21/h3-4,6,8,15-16,18H,5,7,9-14,21H2,1-2H3. The number of ether oxygens (including phenoxy) is 1. The van der Waals surface area contributed by atoms with Crippen LogP contribution in [0.25, 0.3) is 0 Å². The minimum atomic E-state index is 0.264. The Kier molecular flexibility index (Phi) is 5.97. The van der Waals surface area contributed by atoms with E-state index >= 15 is 0 Å². The Morgan fingerprint density at radius 3 is 2.68 bits per heavy atom. The van der Waals surface area contributed by atoms with Crippen LogP contribution in [0.3, 0.4) is 0 Å². The number of likely N-dealkylation sites (tertiary alicyclic amines) is 1. The van der Waals surface area contributed by atoms with Gasteiger partial charge >= 0.3 is 0 Å². The van der Waals surface area contributed by atoms with Gasteiger partial charge in [-0.3, -0.25) is 9.69 Å². The van der Waals surface area contributed by atoms with Crippen molar-refractivity contribution in [3.05, 3.63) is 29.8 Å². The SMILES string of the molecule is CC1CN(CC2CCCN2C(=O)CCc2ccccc2N)CC(C)O1. The van der Waals surface area contributed by atoms with E-state index in [1.54, 1.807) is 0 Å². The summed E-state index contributed by atoms with van der Waals surface area (Å²) in [5.41, 5.74) is 7.85. The fraction of sp³-hybridized carbons (Fsp3) is 0.650. The van der Waals surface area contributed by atoms with Gasteiger partial charge < -0.3 is 15.4 Å². The number of carbonyl (C=O) groups excluding carboxylic acids is 1. The van der Waals surface area contributed by atoms with Gasteiger partial charge in [-0.05, 0) is 44.7 Å². The smallest absolute Gasteiger partial charge is 0.223 e. The first-order valence-corrected chi connectivity index (χ1v) is 9.53. The van der Waals surface area contributed by atoms with Gasteiger partial charge in [-0.1, -0.05) is 18.2 Å². The maximum Gasteiger partial charge on any atom is 0.223 e. The number of nitrogen functional groups attached to an aromatic ring is 1. The lowest BCUT2D eigenvalue weighted by Crippen LogP contribution is -2.50. The summed E-state index contributed by atoms with van der Waals surface area (Å²) in [6, 6.07) is 8.18. The molecule has 3 rings (SSSR count). The molecule has 0 aromatic heterocycles. The lowest BCUT2D eigenvalue weighted by molar-refractivity contribution is -0.133. The predicted octanol–water partition coefficient (Wildman–Crippen LogP) is 2.30. The third-order valence-corrected chi connectivity index (χ3v) is 5.32. The number of nitrogens with two attached hydrogens (primary N) is 1. The van der Waals surface area contributed by atoms with Crippen LogP contribution in [0, 0.1) is 0 Å². The summed E-state index contributed by atoms with van der Waals surface area (Å²) >= 11 is 0. The summed E-state index contributed by atoms with van der Waals surface area (Å²) in [6.07, 6.45) is 4.03. The van der Waals surface area contributed by atoms with Crippen LogP contribution >= 0.6 is 0 Å². The molecule has 2 N–H and O–H groups in total. The number of amides is 1. The number of hydrogen-bond donors (Lipinski definition) is 1. The van der Waals surface area contributed by atoms with E-state index < -0.39 is 0 Å². The Bertz CT molecular complexity index is 582. The van der Waals surface area contributed by atoms with E-state index in [0.717, 1.165) is 56.7 Å². The van der Waals surface area contributed by atoms with Gasteiger partial charge in [-0.25, -0.2) is 0 Å². The number of nitrogens with zero attached hydrogens (tertiary/aromatic N) is 2. The first kappa shape index (κ1) is 18.2. The van der Waals surface area contributed by atoms with E-state index in [9.17, 15) is 4.79 Å². The topological polar surface area (TPSA) is 58.8 Å². The zero-order valence-electron chi connectivity index (χ0n) is 15.5. The van der Waals surface area contributed by atoms with Crippen molar-refractivity contribution in [2.75, 3.05) is 31.9 Å². The summed E-state index contributed by atoms with van der Waals surface area (Å²) in [6.45, 7) is 8.04. The molecule has 0 bridgehead atoms. The third-order valence-electron chi connectivity index (χ3n) is 5.32. The van der Waals surface area contributed by atoms with Crippen LogP contribution in [0.2, 0.25) is 0 Å². The predicted molar refractivity (Wildman–Crippen MR) is 100 cm³/mol. The third kappa shape index (κ3) is 4.73. The van der Waals surface area contributed by atoms with E-state index in [4.69, 9.17) is 10.5 Å². The first-order valence-electron chi connectivity index (χ1n) is 9.53. The van der Waals surface area contributed by atoms with Crippen molar-refractivity contribution in [1.82, 2.24) is 9.80 Å². The van der Waals surface area contributed by atoms with Gasteiger partial charge in [-0.2, -0.15) is 0 Å². The zero-order valence-corrected chi connectivity index (χ0v) is 15.5. The van der Waals surface area contributed by atoms with Gasteiger partial charge in [0.05, 0.1) is 12.2 Å². The molecule has 25 heavy (non-hydrogen) atoms. The van der Waals surface area contributed by atoms with Crippen molar-refractivity contribution in [3.8, 4) is 0 Å². The van der Waals surface area contributed by atoms with Gasteiger partial charge in [0.2, 0.25) is 5.91 Å². The van der Waals surface area contributed by atoms with Gasteiger partial charge in [0.15, 0.2) is 0 Å². The largest absolute Gasteiger partial charge is 0.399 e. The maximum atomic E-state index is 12.8. The Labute approximate surface area is 151 Å². The number of anilines is 1. The van der Waals surface area contributed by atoms with E-state index in [0.29, 0.717) is 12.5 Å².